The van der Waals surface area contributed by atoms with E-state index in [4.69, 9.17) is 4.74 Å². The highest BCUT2D eigenvalue weighted by atomic mass is 16.5. The predicted octanol–water partition coefficient (Wildman–Crippen LogP) is 3.29. The average molecular weight is 278 g/mol. The van der Waals surface area contributed by atoms with Crippen LogP contribution in [0.2, 0.25) is 0 Å². The molecule has 0 aliphatic heterocycles. The Hall–Kier alpha value is -1.71. The third kappa shape index (κ3) is 5.95. The van der Waals surface area contributed by atoms with E-state index in [1.54, 1.807) is 0 Å². The van der Waals surface area contributed by atoms with Gasteiger partial charge in [0.15, 0.2) is 0 Å². The van der Waals surface area contributed by atoms with Gasteiger partial charge < -0.3 is 15.4 Å². The topological polar surface area (TPSA) is 50.4 Å². The van der Waals surface area contributed by atoms with Crippen LogP contribution in [0.25, 0.3) is 0 Å². The molecule has 0 fully saturated rings. The van der Waals surface area contributed by atoms with E-state index >= 15 is 0 Å². The Morgan fingerprint density at radius 3 is 2.70 bits per heavy atom. The minimum Gasteiger partial charge on any atom is -0.492 e. The first-order valence-corrected chi connectivity index (χ1v) is 7.30. The quantitative estimate of drug-likeness (QED) is 0.752. The molecule has 1 rings (SSSR count). The minimum absolute atomic E-state index is 0.140. The molecule has 4 nitrogen and oxygen atoms in total. The van der Waals surface area contributed by atoms with Crippen LogP contribution >= 0.6 is 0 Å². The number of amides is 2. The van der Waals surface area contributed by atoms with E-state index < -0.39 is 0 Å². The van der Waals surface area contributed by atoms with Gasteiger partial charge in [-0.05, 0) is 37.0 Å². The molecule has 0 saturated heterocycles. The van der Waals surface area contributed by atoms with Crippen LogP contribution in [-0.2, 0) is 0 Å². The van der Waals surface area contributed by atoms with E-state index in [-0.39, 0.29) is 12.1 Å². The maximum absolute atomic E-state index is 11.5. The Bertz CT molecular complexity index is 419. The van der Waals surface area contributed by atoms with Crippen molar-refractivity contribution in [2.45, 2.75) is 46.1 Å². The minimum atomic E-state index is -0.140. The molecule has 0 heterocycles. The highest BCUT2D eigenvalue weighted by molar-refractivity contribution is 5.74. The third-order valence-corrected chi connectivity index (χ3v) is 3.17. The number of nitrogens with one attached hydrogen (secondary N) is 2. The molecule has 0 bridgehead atoms. The van der Waals surface area contributed by atoms with Crippen molar-refractivity contribution in [2.24, 2.45) is 0 Å². The molecule has 112 valence electrons. The number of ether oxygens (including phenoxy) is 1. The predicted molar refractivity (Wildman–Crippen MR) is 82.3 cm³/mol. The van der Waals surface area contributed by atoms with Gasteiger partial charge in [0.2, 0.25) is 0 Å². The molecule has 0 saturated carbocycles. The number of benzene rings is 1. The van der Waals surface area contributed by atoms with Crippen molar-refractivity contribution in [3.8, 4) is 5.75 Å². The van der Waals surface area contributed by atoms with Gasteiger partial charge in [0.1, 0.15) is 12.4 Å². The van der Waals surface area contributed by atoms with Crippen molar-refractivity contribution in [3.05, 3.63) is 29.8 Å². The van der Waals surface area contributed by atoms with Crippen molar-refractivity contribution in [3.63, 3.8) is 0 Å². The fourth-order valence-corrected chi connectivity index (χ4v) is 1.67. The van der Waals surface area contributed by atoms with Crippen LogP contribution in [0.5, 0.6) is 5.75 Å². The molecule has 4 heteroatoms. The second kappa shape index (κ2) is 8.46. The number of rotatable bonds is 7. The summed E-state index contributed by atoms with van der Waals surface area (Å²) in [6, 6.07) is 8.12. The Labute approximate surface area is 121 Å². The fraction of sp³-hybridized carbons (Fsp3) is 0.562. The van der Waals surface area contributed by atoms with E-state index in [2.05, 4.69) is 30.5 Å². The highest BCUT2D eigenvalue weighted by Gasteiger charge is 2.04. The normalized spacial score (nSPS) is 12.1. The van der Waals surface area contributed by atoms with E-state index in [0.717, 1.165) is 12.2 Å². The SMILES string of the molecule is CCC(C)NC(=O)NCCOc1cccc(C(C)C)c1. The molecular weight excluding hydrogens is 252 g/mol. The number of urea groups is 1. The molecule has 1 unspecified atom stereocenters. The first-order chi connectivity index (χ1) is 9.52. The standard InChI is InChI=1S/C16H26N2O2/c1-5-13(4)18-16(19)17-9-10-20-15-8-6-7-14(11-15)12(2)3/h6-8,11-13H,5,9-10H2,1-4H3,(H2,17,18,19). The first kappa shape index (κ1) is 16.3. The Balaban J connectivity index is 2.27. The molecule has 1 aromatic rings. The summed E-state index contributed by atoms with van der Waals surface area (Å²) in [4.78, 5) is 11.5. The van der Waals surface area contributed by atoms with Crippen LogP contribution in [0.15, 0.2) is 24.3 Å². The lowest BCUT2D eigenvalue weighted by Gasteiger charge is -2.13. The summed E-state index contributed by atoms with van der Waals surface area (Å²) in [5.41, 5.74) is 1.25. The molecule has 1 atom stereocenters. The third-order valence-electron chi connectivity index (χ3n) is 3.17. The summed E-state index contributed by atoms with van der Waals surface area (Å²) >= 11 is 0. The zero-order valence-electron chi connectivity index (χ0n) is 12.9. The Morgan fingerprint density at radius 1 is 1.30 bits per heavy atom. The van der Waals surface area contributed by atoms with Crippen molar-refractivity contribution in [1.29, 1.82) is 0 Å². The fourth-order valence-electron chi connectivity index (χ4n) is 1.67. The summed E-state index contributed by atoms with van der Waals surface area (Å²) in [7, 11) is 0. The van der Waals surface area contributed by atoms with Gasteiger partial charge >= 0.3 is 6.03 Å². The Kier molecular flexibility index (Phi) is 6.91. The Morgan fingerprint density at radius 2 is 2.05 bits per heavy atom. The highest BCUT2D eigenvalue weighted by Crippen LogP contribution is 2.19. The van der Waals surface area contributed by atoms with Gasteiger partial charge in [0.05, 0.1) is 6.54 Å². The number of hydrogen-bond donors (Lipinski definition) is 2. The summed E-state index contributed by atoms with van der Waals surface area (Å²) in [6.45, 7) is 9.28. The van der Waals surface area contributed by atoms with Gasteiger partial charge in [-0.15, -0.1) is 0 Å². The summed E-state index contributed by atoms with van der Waals surface area (Å²) < 4.78 is 5.64. The molecule has 2 amide bonds. The summed E-state index contributed by atoms with van der Waals surface area (Å²) in [5, 5.41) is 5.63. The van der Waals surface area contributed by atoms with Gasteiger partial charge in [-0.1, -0.05) is 32.9 Å². The monoisotopic (exact) mass is 278 g/mol. The average Bonchev–Trinajstić information content (AvgIpc) is 2.43. The summed E-state index contributed by atoms with van der Waals surface area (Å²) in [5.74, 6) is 1.33. The van der Waals surface area contributed by atoms with Crippen molar-refractivity contribution in [1.82, 2.24) is 10.6 Å². The molecule has 0 aliphatic rings. The van der Waals surface area contributed by atoms with Crippen LogP contribution in [0.4, 0.5) is 4.79 Å². The number of carbonyl (C=O) groups excluding carboxylic acids is 1. The smallest absolute Gasteiger partial charge is 0.315 e. The molecule has 1 aromatic carbocycles. The molecular formula is C16H26N2O2. The van der Waals surface area contributed by atoms with E-state index in [0.29, 0.717) is 19.1 Å². The van der Waals surface area contributed by atoms with Crippen LogP contribution in [0.1, 0.15) is 45.6 Å². The first-order valence-electron chi connectivity index (χ1n) is 7.30. The van der Waals surface area contributed by atoms with E-state index in [1.807, 2.05) is 32.0 Å². The second-order valence-electron chi connectivity index (χ2n) is 5.29. The van der Waals surface area contributed by atoms with E-state index in [9.17, 15) is 4.79 Å². The zero-order valence-corrected chi connectivity index (χ0v) is 12.9. The van der Waals surface area contributed by atoms with Crippen LogP contribution < -0.4 is 15.4 Å². The molecule has 0 spiro atoms. The molecule has 20 heavy (non-hydrogen) atoms. The number of carbonyl (C=O) groups is 1. The lowest BCUT2D eigenvalue weighted by molar-refractivity contribution is 0.233. The lowest BCUT2D eigenvalue weighted by atomic mass is 10.0. The zero-order chi connectivity index (χ0) is 15.0. The largest absolute Gasteiger partial charge is 0.492 e. The van der Waals surface area contributed by atoms with Crippen molar-refractivity contribution in [2.75, 3.05) is 13.2 Å². The maximum atomic E-state index is 11.5. The van der Waals surface area contributed by atoms with Crippen LogP contribution in [0.3, 0.4) is 0 Å². The van der Waals surface area contributed by atoms with Gasteiger partial charge in [-0.2, -0.15) is 0 Å². The summed E-state index contributed by atoms with van der Waals surface area (Å²) in [6.07, 6.45) is 0.923. The van der Waals surface area contributed by atoms with Crippen molar-refractivity contribution >= 4 is 6.03 Å². The van der Waals surface area contributed by atoms with Gasteiger partial charge in [-0.25, -0.2) is 4.79 Å². The van der Waals surface area contributed by atoms with Gasteiger partial charge in [0, 0.05) is 6.04 Å². The van der Waals surface area contributed by atoms with Crippen molar-refractivity contribution < 1.29 is 9.53 Å². The van der Waals surface area contributed by atoms with E-state index in [1.165, 1.54) is 5.56 Å². The number of hydrogen-bond acceptors (Lipinski definition) is 2. The molecule has 2 N–H and O–H groups in total. The van der Waals surface area contributed by atoms with Gasteiger partial charge in [0.25, 0.3) is 0 Å². The van der Waals surface area contributed by atoms with Crippen LogP contribution in [0, 0.1) is 0 Å². The molecule has 0 aromatic heterocycles. The van der Waals surface area contributed by atoms with Crippen LogP contribution in [-0.4, -0.2) is 25.2 Å². The lowest BCUT2D eigenvalue weighted by Crippen LogP contribution is -2.41. The van der Waals surface area contributed by atoms with Gasteiger partial charge in [-0.3, -0.25) is 0 Å². The second-order valence-corrected chi connectivity index (χ2v) is 5.29. The molecule has 0 aliphatic carbocycles. The molecule has 0 radical (unpaired) electrons. The maximum Gasteiger partial charge on any atom is 0.315 e.